The molecule has 2 aromatic rings. The summed E-state index contributed by atoms with van der Waals surface area (Å²) in [6, 6.07) is 3.12. The van der Waals surface area contributed by atoms with E-state index in [9.17, 15) is 10.0 Å². The van der Waals surface area contributed by atoms with E-state index >= 15 is 0 Å². The molecule has 1 N–H and O–H groups in total. The summed E-state index contributed by atoms with van der Waals surface area (Å²) in [6.07, 6.45) is 1.57. The van der Waals surface area contributed by atoms with E-state index < -0.39 is 0 Å². The van der Waals surface area contributed by atoms with Gasteiger partial charge < -0.3 is 9.67 Å². The SMILES string of the molecule is Cn1cnc2c(N=O)c(O)ccc21. The maximum absolute atomic E-state index is 10.4. The average molecular weight is 177 g/mol. The molecule has 13 heavy (non-hydrogen) atoms. The lowest BCUT2D eigenvalue weighted by Gasteiger charge is -1.97. The number of nitroso groups, excluding NO2 is 1. The molecule has 0 aliphatic carbocycles. The van der Waals surface area contributed by atoms with Crippen molar-refractivity contribution in [2.24, 2.45) is 12.2 Å². The third kappa shape index (κ3) is 0.970. The third-order valence-corrected chi connectivity index (χ3v) is 1.94. The minimum atomic E-state index is -0.138. The molecule has 0 spiro atoms. The molecule has 0 bridgehead atoms. The monoisotopic (exact) mass is 177 g/mol. The van der Waals surface area contributed by atoms with Crippen molar-refractivity contribution in [2.45, 2.75) is 0 Å². The molecular formula is C8H7N3O2. The van der Waals surface area contributed by atoms with E-state index in [1.54, 1.807) is 24.0 Å². The smallest absolute Gasteiger partial charge is 0.177 e. The number of aryl methyl sites for hydroxylation is 1. The van der Waals surface area contributed by atoms with E-state index in [2.05, 4.69) is 10.2 Å². The Labute approximate surface area is 73.6 Å². The van der Waals surface area contributed by atoms with E-state index in [0.29, 0.717) is 5.52 Å². The summed E-state index contributed by atoms with van der Waals surface area (Å²) < 4.78 is 1.75. The van der Waals surface area contributed by atoms with E-state index in [0.717, 1.165) is 5.52 Å². The number of hydrogen-bond acceptors (Lipinski definition) is 4. The maximum Gasteiger partial charge on any atom is 0.177 e. The molecule has 5 heteroatoms. The van der Waals surface area contributed by atoms with Gasteiger partial charge in [0.05, 0.1) is 11.8 Å². The first-order chi connectivity index (χ1) is 6.24. The normalized spacial score (nSPS) is 10.5. The zero-order valence-electron chi connectivity index (χ0n) is 6.93. The van der Waals surface area contributed by atoms with Crippen LogP contribution in [0.25, 0.3) is 11.0 Å². The first-order valence-electron chi connectivity index (χ1n) is 3.70. The molecule has 0 unspecified atom stereocenters. The first-order valence-corrected chi connectivity index (χ1v) is 3.70. The molecule has 0 saturated heterocycles. The highest BCUT2D eigenvalue weighted by Gasteiger charge is 2.10. The fourth-order valence-corrected chi connectivity index (χ4v) is 1.27. The highest BCUT2D eigenvalue weighted by atomic mass is 16.3. The van der Waals surface area contributed by atoms with E-state index in [1.165, 1.54) is 6.07 Å². The van der Waals surface area contributed by atoms with Crippen LogP contribution in [0.2, 0.25) is 0 Å². The maximum atomic E-state index is 10.4. The molecule has 1 aromatic carbocycles. The number of hydrogen-bond donors (Lipinski definition) is 1. The molecule has 0 atom stereocenters. The second-order valence-corrected chi connectivity index (χ2v) is 2.75. The quantitative estimate of drug-likeness (QED) is 0.673. The zero-order valence-corrected chi connectivity index (χ0v) is 6.93. The molecule has 0 aliphatic rings. The Hall–Kier alpha value is -1.91. The fourth-order valence-electron chi connectivity index (χ4n) is 1.27. The molecule has 0 amide bonds. The standard InChI is InChI=1S/C8H7N3O2/c1-11-4-9-7-5(11)2-3-6(12)8(7)10-13/h2-4,12H,1H3. The molecule has 2 rings (SSSR count). The zero-order chi connectivity index (χ0) is 9.42. The van der Waals surface area contributed by atoms with Crippen LogP contribution in [0.5, 0.6) is 5.75 Å². The van der Waals surface area contributed by atoms with Crippen LogP contribution in [0, 0.1) is 4.91 Å². The van der Waals surface area contributed by atoms with Gasteiger partial charge in [-0.3, -0.25) is 0 Å². The molecule has 66 valence electrons. The number of benzene rings is 1. The van der Waals surface area contributed by atoms with Gasteiger partial charge >= 0.3 is 0 Å². The van der Waals surface area contributed by atoms with Gasteiger partial charge in [-0.15, -0.1) is 4.91 Å². The molecule has 0 saturated carbocycles. The van der Waals surface area contributed by atoms with Crippen LogP contribution in [0.1, 0.15) is 0 Å². The third-order valence-electron chi connectivity index (χ3n) is 1.94. The summed E-state index contributed by atoms with van der Waals surface area (Å²) in [4.78, 5) is 14.4. The van der Waals surface area contributed by atoms with E-state index in [1.807, 2.05) is 0 Å². The minimum absolute atomic E-state index is 0.00176. The Morgan fingerprint density at radius 2 is 2.31 bits per heavy atom. The molecular weight excluding hydrogens is 170 g/mol. The Bertz CT molecular complexity index is 475. The summed E-state index contributed by atoms with van der Waals surface area (Å²) >= 11 is 0. The average Bonchev–Trinajstić information content (AvgIpc) is 2.48. The summed E-state index contributed by atoms with van der Waals surface area (Å²) in [6.45, 7) is 0. The molecule has 1 heterocycles. The number of nitrogens with zero attached hydrogens (tertiary/aromatic N) is 3. The van der Waals surface area contributed by atoms with Gasteiger partial charge in [-0.2, -0.15) is 0 Å². The van der Waals surface area contributed by atoms with Crippen molar-refractivity contribution in [2.75, 3.05) is 0 Å². The van der Waals surface area contributed by atoms with Gasteiger partial charge in [0, 0.05) is 7.05 Å². The molecule has 5 nitrogen and oxygen atoms in total. The van der Waals surface area contributed by atoms with Gasteiger partial charge in [-0.25, -0.2) is 4.98 Å². The summed E-state index contributed by atoms with van der Waals surface area (Å²) in [5.41, 5.74) is 1.20. The highest BCUT2D eigenvalue weighted by Crippen LogP contribution is 2.33. The van der Waals surface area contributed by atoms with Crippen LogP contribution < -0.4 is 0 Å². The lowest BCUT2D eigenvalue weighted by Crippen LogP contribution is -1.82. The second-order valence-electron chi connectivity index (χ2n) is 2.75. The van der Waals surface area contributed by atoms with Crippen LogP contribution in [0.4, 0.5) is 5.69 Å². The molecule has 0 aliphatic heterocycles. The second kappa shape index (κ2) is 2.55. The number of aromatic hydroxyl groups is 1. The van der Waals surface area contributed by atoms with Crippen molar-refractivity contribution < 1.29 is 5.11 Å². The van der Waals surface area contributed by atoms with Crippen molar-refractivity contribution in [3.63, 3.8) is 0 Å². The van der Waals surface area contributed by atoms with Crippen molar-refractivity contribution in [1.82, 2.24) is 9.55 Å². The lowest BCUT2D eigenvalue weighted by atomic mass is 10.2. The number of phenolic OH excluding ortho intramolecular Hbond substituents is 1. The molecule has 1 aromatic heterocycles. The number of fused-ring (bicyclic) bond motifs is 1. The van der Waals surface area contributed by atoms with Crippen LogP contribution in [0.3, 0.4) is 0 Å². The first kappa shape index (κ1) is 7.72. The van der Waals surface area contributed by atoms with Crippen LogP contribution in [-0.2, 0) is 7.05 Å². The lowest BCUT2D eigenvalue weighted by molar-refractivity contribution is 0.477. The number of imidazole rings is 1. The van der Waals surface area contributed by atoms with Crippen molar-refractivity contribution in [3.05, 3.63) is 23.4 Å². The topological polar surface area (TPSA) is 67.5 Å². The van der Waals surface area contributed by atoms with Crippen molar-refractivity contribution in [3.8, 4) is 5.75 Å². The van der Waals surface area contributed by atoms with Crippen LogP contribution >= 0.6 is 0 Å². The van der Waals surface area contributed by atoms with E-state index in [-0.39, 0.29) is 11.4 Å². The minimum Gasteiger partial charge on any atom is -0.505 e. The van der Waals surface area contributed by atoms with E-state index in [4.69, 9.17) is 0 Å². The molecule has 0 fully saturated rings. The Kier molecular flexibility index (Phi) is 1.51. The van der Waals surface area contributed by atoms with Gasteiger partial charge in [0.15, 0.2) is 5.69 Å². The fraction of sp³-hybridized carbons (Fsp3) is 0.125. The number of aromatic nitrogens is 2. The Balaban J connectivity index is 2.92. The molecule has 0 radical (unpaired) electrons. The predicted molar refractivity (Wildman–Crippen MR) is 47.8 cm³/mol. The van der Waals surface area contributed by atoms with Crippen LogP contribution in [0.15, 0.2) is 23.6 Å². The van der Waals surface area contributed by atoms with Gasteiger partial charge in [-0.1, -0.05) is 0 Å². The predicted octanol–water partition coefficient (Wildman–Crippen LogP) is 1.68. The summed E-state index contributed by atoms with van der Waals surface area (Å²) in [7, 11) is 1.81. The number of rotatable bonds is 1. The van der Waals surface area contributed by atoms with Crippen molar-refractivity contribution in [1.29, 1.82) is 0 Å². The van der Waals surface area contributed by atoms with Crippen molar-refractivity contribution >= 4 is 16.7 Å². The van der Waals surface area contributed by atoms with Gasteiger partial charge in [-0.05, 0) is 17.3 Å². The van der Waals surface area contributed by atoms with Crippen LogP contribution in [-0.4, -0.2) is 14.7 Å². The highest BCUT2D eigenvalue weighted by molar-refractivity contribution is 5.90. The van der Waals surface area contributed by atoms with Gasteiger partial charge in [0.1, 0.15) is 11.3 Å². The van der Waals surface area contributed by atoms with Gasteiger partial charge in [0.25, 0.3) is 0 Å². The van der Waals surface area contributed by atoms with Gasteiger partial charge in [0.2, 0.25) is 0 Å². The summed E-state index contributed by atoms with van der Waals surface area (Å²) in [5.74, 6) is -0.138. The summed E-state index contributed by atoms with van der Waals surface area (Å²) in [5, 5.41) is 12.0. The number of phenols is 1. The Morgan fingerprint density at radius 3 is 3.00 bits per heavy atom. The largest absolute Gasteiger partial charge is 0.505 e. The Morgan fingerprint density at radius 1 is 1.54 bits per heavy atom.